The maximum Gasteiger partial charge on any atom is 0.225 e. The van der Waals surface area contributed by atoms with Crippen LogP contribution in [0.5, 0.6) is 0 Å². The number of hydrogen-bond acceptors (Lipinski definition) is 8. The van der Waals surface area contributed by atoms with Crippen molar-refractivity contribution in [1.82, 2.24) is 25.5 Å². The van der Waals surface area contributed by atoms with Gasteiger partial charge in [-0.15, -0.1) is 0 Å². The molecular weight excluding hydrogens is 440 g/mol. The van der Waals surface area contributed by atoms with Crippen LogP contribution >= 0.6 is 0 Å². The fourth-order valence-electron chi connectivity index (χ4n) is 6.80. The van der Waals surface area contributed by atoms with Crippen molar-refractivity contribution in [2.24, 2.45) is 17.8 Å². The lowest BCUT2D eigenvalue weighted by atomic mass is 9.52. The minimum absolute atomic E-state index is 0.272. The Hall–Kier alpha value is -3.46. The number of aromatic amines is 1. The highest BCUT2D eigenvalue weighted by Gasteiger charge is 2.54. The molecule has 2 aromatic heterocycles. The Morgan fingerprint density at radius 1 is 1.17 bits per heavy atom. The third-order valence-corrected chi connectivity index (χ3v) is 7.97. The van der Waals surface area contributed by atoms with E-state index in [1.165, 1.54) is 19.1 Å². The van der Waals surface area contributed by atoms with Crippen LogP contribution in [0.1, 0.15) is 43.4 Å². The molecule has 4 saturated carbocycles. The first-order valence-electron chi connectivity index (χ1n) is 12.4. The average Bonchev–Trinajstić information content (AvgIpc) is 3.23. The smallest absolute Gasteiger partial charge is 0.225 e. The zero-order valence-electron chi connectivity index (χ0n) is 20.1. The molecule has 0 radical (unpaired) electrons. The maximum atomic E-state index is 11.0. The maximum absolute atomic E-state index is 11.0. The van der Waals surface area contributed by atoms with Crippen LogP contribution < -0.4 is 16.0 Å². The molecule has 35 heavy (non-hydrogen) atoms. The molecule has 4 fully saturated rings. The molecule has 9 heteroatoms. The van der Waals surface area contributed by atoms with Crippen LogP contribution in [-0.4, -0.2) is 50.2 Å². The minimum atomic E-state index is -0.471. The summed E-state index contributed by atoms with van der Waals surface area (Å²) in [6, 6.07) is 8.18. The van der Waals surface area contributed by atoms with Gasteiger partial charge in [-0.3, -0.25) is 5.10 Å². The highest BCUT2D eigenvalue weighted by Crippen LogP contribution is 2.56. The van der Waals surface area contributed by atoms with Crippen molar-refractivity contribution >= 4 is 40.3 Å². The zero-order valence-corrected chi connectivity index (χ0v) is 20.1. The van der Waals surface area contributed by atoms with Crippen LogP contribution in [0.25, 0.3) is 16.5 Å². The van der Waals surface area contributed by atoms with Gasteiger partial charge in [0, 0.05) is 48.2 Å². The molecule has 3 aromatic rings. The van der Waals surface area contributed by atoms with Gasteiger partial charge in [0.15, 0.2) is 5.82 Å². The van der Waals surface area contributed by atoms with E-state index in [4.69, 9.17) is 15.4 Å². The topological polar surface area (TPSA) is 135 Å². The van der Waals surface area contributed by atoms with E-state index >= 15 is 0 Å². The molecule has 0 saturated heterocycles. The van der Waals surface area contributed by atoms with Crippen LogP contribution in [0, 0.1) is 30.1 Å². The van der Waals surface area contributed by atoms with E-state index in [-0.39, 0.29) is 6.04 Å². The molecule has 7 rings (SSSR count). The number of fused-ring (bicyclic) bond motifs is 1. The summed E-state index contributed by atoms with van der Waals surface area (Å²) in [5, 5.41) is 37.0. The quantitative estimate of drug-likeness (QED) is 0.287. The molecule has 2 heterocycles. The van der Waals surface area contributed by atoms with E-state index in [1.54, 1.807) is 6.20 Å². The molecule has 4 bridgehead atoms. The number of allylic oxidation sites excluding steroid dienone is 1. The Labute approximate surface area is 204 Å². The van der Waals surface area contributed by atoms with Gasteiger partial charge in [-0.05, 0) is 74.5 Å². The Morgan fingerprint density at radius 2 is 1.97 bits per heavy atom. The second kappa shape index (κ2) is 8.34. The van der Waals surface area contributed by atoms with E-state index in [1.807, 2.05) is 38.2 Å². The van der Waals surface area contributed by atoms with Gasteiger partial charge in [0.1, 0.15) is 5.82 Å². The molecule has 4 aliphatic rings. The Bertz CT molecular complexity index is 1300. The van der Waals surface area contributed by atoms with Crippen LogP contribution in [0.15, 0.2) is 30.5 Å². The molecular formula is C26H32N8O. The highest BCUT2D eigenvalue weighted by atomic mass is 16.3. The summed E-state index contributed by atoms with van der Waals surface area (Å²) in [6.45, 7) is 1.96. The molecule has 0 spiro atoms. The van der Waals surface area contributed by atoms with Crippen LogP contribution in [0.3, 0.4) is 0 Å². The summed E-state index contributed by atoms with van der Waals surface area (Å²) < 4.78 is 0. The molecule has 4 aliphatic carbocycles. The first-order valence-corrected chi connectivity index (χ1v) is 12.4. The lowest BCUT2D eigenvalue weighted by Crippen LogP contribution is -2.59. The molecule has 2 atom stereocenters. The van der Waals surface area contributed by atoms with E-state index < -0.39 is 5.60 Å². The standard InChI is InChI=1S/C26H32N8O/c1-14-5-22(34-33-14)30-24-20-4-3-16(19(12-27)13-28-2)8-21(20)29-25(32-24)31-23-17-6-15-7-18(23)11-26(35,9-15)10-17/h3-5,8,12-13,15,17-18,23,27-28,35H,6-7,9-11H2,1-2H3,(H3,29,30,31,32,33,34)/b19-13+,27-12?. The van der Waals surface area contributed by atoms with Crippen molar-refractivity contribution in [1.29, 1.82) is 5.41 Å². The number of H-pyrrole nitrogens is 1. The number of aliphatic hydroxyl groups is 1. The fraction of sp³-hybridized carbons (Fsp3) is 0.462. The summed E-state index contributed by atoms with van der Waals surface area (Å²) in [7, 11) is 1.82. The molecule has 0 aliphatic heterocycles. The van der Waals surface area contributed by atoms with Gasteiger partial charge in [-0.1, -0.05) is 6.07 Å². The van der Waals surface area contributed by atoms with Crippen LogP contribution in [0.2, 0.25) is 0 Å². The predicted molar refractivity (Wildman–Crippen MR) is 138 cm³/mol. The van der Waals surface area contributed by atoms with E-state index in [9.17, 15) is 5.11 Å². The number of hydrogen-bond donors (Lipinski definition) is 6. The summed E-state index contributed by atoms with van der Waals surface area (Å²) in [5.41, 5.74) is 2.97. The van der Waals surface area contributed by atoms with Crippen molar-refractivity contribution in [2.75, 3.05) is 17.7 Å². The number of aryl methyl sites for hydroxylation is 1. The van der Waals surface area contributed by atoms with Crippen LogP contribution in [-0.2, 0) is 0 Å². The van der Waals surface area contributed by atoms with E-state index in [2.05, 4.69) is 26.1 Å². The van der Waals surface area contributed by atoms with E-state index in [0.717, 1.165) is 47.0 Å². The predicted octanol–water partition coefficient (Wildman–Crippen LogP) is 3.97. The van der Waals surface area contributed by atoms with Gasteiger partial charge in [0.05, 0.1) is 11.1 Å². The van der Waals surface area contributed by atoms with Crippen LogP contribution in [0.4, 0.5) is 17.6 Å². The largest absolute Gasteiger partial charge is 0.393 e. The molecule has 0 amide bonds. The van der Waals surface area contributed by atoms with Crippen molar-refractivity contribution in [3.05, 3.63) is 41.7 Å². The zero-order chi connectivity index (χ0) is 24.2. The SMILES string of the molecule is CN/C=C(\C=N)c1ccc2c(Nc3cc(C)[nH]n3)nc(NC3C4CC5CC3CC(O)(C5)C4)nc2c1. The molecule has 6 N–H and O–H groups in total. The Kier molecular flexibility index (Phi) is 5.25. The van der Waals surface area contributed by atoms with Gasteiger partial charge >= 0.3 is 0 Å². The van der Waals surface area contributed by atoms with Gasteiger partial charge in [0.25, 0.3) is 0 Å². The van der Waals surface area contributed by atoms with Crippen molar-refractivity contribution in [2.45, 2.75) is 50.7 Å². The lowest BCUT2D eigenvalue weighted by molar-refractivity contribution is -0.129. The number of aromatic nitrogens is 4. The summed E-state index contributed by atoms with van der Waals surface area (Å²) in [6.07, 6.45) is 8.18. The third kappa shape index (κ3) is 4.03. The number of rotatable bonds is 7. The highest BCUT2D eigenvalue weighted by molar-refractivity contribution is 6.09. The first kappa shape index (κ1) is 22.0. The number of anilines is 3. The number of nitrogens with one attached hydrogen (secondary N) is 5. The second-order valence-corrected chi connectivity index (χ2v) is 10.6. The number of nitrogens with zero attached hydrogens (tertiary/aromatic N) is 3. The average molecular weight is 473 g/mol. The van der Waals surface area contributed by atoms with Crippen molar-refractivity contribution in [3.63, 3.8) is 0 Å². The first-order chi connectivity index (χ1) is 16.9. The van der Waals surface area contributed by atoms with Crippen molar-refractivity contribution in [3.8, 4) is 0 Å². The van der Waals surface area contributed by atoms with Gasteiger partial charge in [-0.2, -0.15) is 10.1 Å². The molecule has 1 aromatic carbocycles. The Morgan fingerprint density at radius 3 is 2.63 bits per heavy atom. The molecule has 182 valence electrons. The monoisotopic (exact) mass is 472 g/mol. The van der Waals surface area contributed by atoms with Gasteiger partial charge in [-0.25, -0.2) is 4.98 Å². The third-order valence-electron chi connectivity index (χ3n) is 7.97. The summed E-state index contributed by atoms with van der Waals surface area (Å²) in [4.78, 5) is 9.80. The second-order valence-electron chi connectivity index (χ2n) is 10.6. The number of benzene rings is 1. The lowest BCUT2D eigenvalue weighted by Gasteiger charge is -2.58. The molecule has 2 unspecified atom stereocenters. The summed E-state index contributed by atoms with van der Waals surface area (Å²) >= 11 is 0. The fourth-order valence-corrected chi connectivity index (χ4v) is 6.80. The molecule has 9 nitrogen and oxygen atoms in total. The van der Waals surface area contributed by atoms with E-state index in [0.29, 0.717) is 35.3 Å². The van der Waals surface area contributed by atoms with Crippen molar-refractivity contribution < 1.29 is 5.11 Å². The summed E-state index contributed by atoms with van der Waals surface area (Å²) in [5.74, 6) is 3.52. The normalized spacial score (nSPS) is 29.4. The minimum Gasteiger partial charge on any atom is -0.393 e. The van der Waals surface area contributed by atoms with Gasteiger partial charge in [0.2, 0.25) is 5.95 Å². The van der Waals surface area contributed by atoms with Gasteiger partial charge < -0.3 is 26.5 Å². The Balaban J connectivity index is 1.38.